The first-order valence-corrected chi connectivity index (χ1v) is 5.05. The van der Waals surface area contributed by atoms with Crippen LogP contribution >= 0.6 is 24.0 Å². The third-order valence-electron chi connectivity index (χ3n) is 1.92. The van der Waals surface area contributed by atoms with Crippen LogP contribution in [0, 0.1) is 5.82 Å². The number of rotatable bonds is 1. The average molecular weight is 214 g/mol. The van der Waals surface area contributed by atoms with E-state index in [4.69, 9.17) is 5.11 Å². The summed E-state index contributed by atoms with van der Waals surface area (Å²) in [7, 11) is 0. The van der Waals surface area contributed by atoms with Crippen molar-refractivity contribution in [1.29, 1.82) is 0 Å². The molecule has 0 amide bonds. The van der Waals surface area contributed by atoms with Crippen LogP contribution < -0.4 is 0 Å². The molecule has 0 bridgehead atoms. The Balaban J connectivity index is 2.83. The molecule has 68 valence electrons. The maximum absolute atomic E-state index is 13.4. The number of fused-ring (bicyclic) bond motifs is 1. The summed E-state index contributed by atoms with van der Waals surface area (Å²) >= 11 is 5.59. The predicted molar refractivity (Wildman–Crippen MR) is 55.0 cm³/mol. The SMILES string of the molecule is OCc1cc2sccc2c(S)c1F. The zero-order chi connectivity index (χ0) is 9.42. The molecule has 0 saturated heterocycles. The van der Waals surface area contributed by atoms with E-state index in [0.717, 1.165) is 10.1 Å². The first-order valence-electron chi connectivity index (χ1n) is 3.72. The van der Waals surface area contributed by atoms with Crippen molar-refractivity contribution in [3.8, 4) is 0 Å². The lowest BCUT2D eigenvalue weighted by Crippen LogP contribution is -1.90. The van der Waals surface area contributed by atoms with E-state index in [9.17, 15) is 4.39 Å². The Kier molecular flexibility index (Phi) is 2.27. The number of benzene rings is 1. The van der Waals surface area contributed by atoms with E-state index in [1.54, 1.807) is 6.07 Å². The molecule has 2 rings (SSSR count). The van der Waals surface area contributed by atoms with Gasteiger partial charge in [-0.3, -0.25) is 0 Å². The summed E-state index contributed by atoms with van der Waals surface area (Å²) < 4.78 is 14.3. The first kappa shape index (κ1) is 8.99. The fourth-order valence-corrected chi connectivity index (χ4v) is 2.51. The van der Waals surface area contributed by atoms with Crippen molar-refractivity contribution in [2.45, 2.75) is 11.5 Å². The van der Waals surface area contributed by atoms with Crippen LogP contribution in [0.2, 0.25) is 0 Å². The highest BCUT2D eigenvalue weighted by molar-refractivity contribution is 7.80. The quantitative estimate of drug-likeness (QED) is 0.699. The number of aliphatic hydroxyl groups is 1. The van der Waals surface area contributed by atoms with Gasteiger partial charge in [0, 0.05) is 20.5 Å². The molecule has 0 aliphatic carbocycles. The fraction of sp³-hybridized carbons (Fsp3) is 0.111. The number of thiol groups is 1. The number of hydrogen-bond acceptors (Lipinski definition) is 3. The molecule has 0 radical (unpaired) electrons. The summed E-state index contributed by atoms with van der Waals surface area (Å²) in [5.74, 6) is -0.420. The second-order valence-corrected chi connectivity index (χ2v) is 4.08. The van der Waals surface area contributed by atoms with Gasteiger partial charge in [-0.15, -0.1) is 24.0 Å². The van der Waals surface area contributed by atoms with Crippen LogP contribution in [0.15, 0.2) is 22.4 Å². The Bertz CT molecular complexity index is 450. The molecule has 13 heavy (non-hydrogen) atoms. The van der Waals surface area contributed by atoms with Gasteiger partial charge >= 0.3 is 0 Å². The minimum Gasteiger partial charge on any atom is -0.392 e. The minimum atomic E-state index is -0.420. The highest BCUT2D eigenvalue weighted by Gasteiger charge is 2.10. The molecule has 0 atom stereocenters. The molecular formula is C9H7FOS2. The van der Waals surface area contributed by atoms with Crippen LogP contribution in [0.4, 0.5) is 4.39 Å². The van der Waals surface area contributed by atoms with Gasteiger partial charge in [-0.1, -0.05) is 0 Å². The standard InChI is InChI=1S/C9H7FOS2/c10-8-5(4-11)3-7-6(9(8)12)1-2-13-7/h1-3,11-12H,4H2. The van der Waals surface area contributed by atoms with Gasteiger partial charge in [0.1, 0.15) is 5.82 Å². The third-order valence-corrected chi connectivity index (χ3v) is 3.22. The Labute approximate surface area is 84.2 Å². The molecule has 0 spiro atoms. The van der Waals surface area contributed by atoms with E-state index in [1.165, 1.54) is 11.3 Å². The van der Waals surface area contributed by atoms with Crippen LogP contribution in [0.5, 0.6) is 0 Å². The zero-order valence-electron chi connectivity index (χ0n) is 6.62. The summed E-state index contributed by atoms with van der Waals surface area (Å²) in [6.07, 6.45) is 0. The van der Waals surface area contributed by atoms with Crippen LogP contribution in [0.1, 0.15) is 5.56 Å². The smallest absolute Gasteiger partial charge is 0.142 e. The maximum Gasteiger partial charge on any atom is 0.142 e. The Morgan fingerprint density at radius 2 is 2.31 bits per heavy atom. The minimum absolute atomic E-state index is 0.284. The topological polar surface area (TPSA) is 20.2 Å². The molecule has 0 fully saturated rings. The van der Waals surface area contributed by atoms with E-state index in [-0.39, 0.29) is 6.61 Å². The van der Waals surface area contributed by atoms with Gasteiger partial charge in [-0.25, -0.2) is 4.39 Å². The molecule has 0 saturated carbocycles. The lowest BCUT2D eigenvalue weighted by atomic mass is 10.2. The summed E-state index contributed by atoms with van der Waals surface area (Å²) in [4.78, 5) is 0.322. The van der Waals surface area contributed by atoms with Crippen molar-refractivity contribution >= 4 is 34.1 Å². The monoisotopic (exact) mass is 214 g/mol. The second-order valence-electron chi connectivity index (χ2n) is 2.69. The van der Waals surface area contributed by atoms with E-state index < -0.39 is 5.82 Å². The van der Waals surface area contributed by atoms with E-state index in [2.05, 4.69) is 12.6 Å². The Morgan fingerprint density at radius 1 is 1.54 bits per heavy atom. The van der Waals surface area contributed by atoms with E-state index >= 15 is 0 Å². The first-order chi connectivity index (χ1) is 6.24. The molecule has 0 unspecified atom stereocenters. The Hall–Kier alpha value is -0.580. The lowest BCUT2D eigenvalue weighted by Gasteiger charge is -2.03. The molecule has 1 heterocycles. The number of halogens is 1. The molecule has 1 aromatic carbocycles. The van der Waals surface area contributed by atoms with Gasteiger partial charge in [-0.2, -0.15) is 0 Å². The molecule has 0 aliphatic rings. The largest absolute Gasteiger partial charge is 0.392 e. The molecule has 1 N–H and O–H groups in total. The van der Waals surface area contributed by atoms with Gasteiger partial charge in [0.05, 0.1) is 6.61 Å². The van der Waals surface area contributed by atoms with Gasteiger partial charge in [0.15, 0.2) is 0 Å². The van der Waals surface area contributed by atoms with Gasteiger partial charge in [-0.05, 0) is 17.5 Å². The highest BCUT2D eigenvalue weighted by atomic mass is 32.1. The van der Waals surface area contributed by atoms with Gasteiger partial charge in [0.25, 0.3) is 0 Å². The third kappa shape index (κ3) is 1.35. The molecule has 1 nitrogen and oxygen atoms in total. The summed E-state index contributed by atoms with van der Waals surface area (Å²) in [6, 6.07) is 3.49. The van der Waals surface area contributed by atoms with Crippen molar-refractivity contribution in [3.63, 3.8) is 0 Å². The zero-order valence-corrected chi connectivity index (χ0v) is 8.33. The van der Waals surface area contributed by atoms with Crippen LogP contribution in [-0.2, 0) is 6.61 Å². The summed E-state index contributed by atoms with van der Waals surface area (Å²) in [6.45, 7) is -0.284. The van der Waals surface area contributed by atoms with Gasteiger partial charge < -0.3 is 5.11 Å². The number of thiophene rings is 1. The molecule has 2 aromatic rings. The molecule has 0 aliphatic heterocycles. The maximum atomic E-state index is 13.4. The predicted octanol–water partition coefficient (Wildman–Crippen LogP) is 2.82. The molecule has 4 heteroatoms. The lowest BCUT2D eigenvalue weighted by molar-refractivity contribution is 0.275. The van der Waals surface area contributed by atoms with Crippen LogP contribution in [-0.4, -0.2) is 5.11 Å². The van der Waals surface area contributed by atoms with Crippen molar-refractivity contribution in [2.24, 2.45) is 0 Å². The number of hydrogen-bond donors (Lipinski definition) is 2. The average Bonchev–Trinajstić information content (AvgIpc) is 2.59. The molecular weight excluding hydrogens is 207 g/mol. The van der Waals surface area contributed by atoms with Crippen molar-refractivity contribution in [3.05, 3.63) is 28.9 Å². The highest BCUT2D eigenvalue weighted by Crippen LogP contribution is 2.31. The summed E-state index contributed by atoms with van der Waals surface area (Å²) in [5.41, 5.74) is 0.306. The fourth-order valence-electron chi connectivity index (χ4n) is 1.24. The van der Waals surface area contributed by atoms with Gasteiger partial charge in [0.2, 0.25) is 0 Å². The van der Waals surface area contributed by atoms with Crippen LogP contribution in [0.3, 0.4) is 0 Å². The van der Waals surface area contributed by atoms with Crippen molar-refractivity contribution in [1.82, 2.24) is 0 Å². The van der Waals surface area contributed by atoms with E-state index in [0.29, 0.717) is 10.5 Å². The second kappa shape index (κ2) is 3.29. The van der Waals surface area contributed by atoms with E-state index in [1.807, 2.05) is 11.4 Å². The summed E-state index contributed by atoms with van der Waals surface area (Å²) in [5, 5.41) is 11.6. The van der Waals surface area contributed by atoms with Crippen molar-refractivity contribution < 1.29 is 9.50 Å². The molecule has 1 aromatic heterocycles. The van der Waals surface area contributed by atoms with Crippen molar-refractivity contribution in [2.75, 3.05) is 0 Å². The van der Waals surface area contributed by atoms with Crippen LogP contribution in [0.25, 0.3) is 10.1 Å². The normalized spacial score (nSPS) is 11.0. The Morgan fingerprint density at radius 3 is 3.00 bits per heavy atom. The number of aliphatic hydroxyl groups excluding tert-OH is 1.